The zero-order valence-corrected chi connectivity index (χ0v) is 14.2. The number of aliphatic hydroxyl groups excluding tert-OH is 1. The predicted octanol–water partition coefficient (Wildman–Crippen LogP) is 0.636. The standard InChI is InChI=1S/C15H30N2O3S/c1-13(2)16-15(12-18)6-3-4-14(15)5-7-17-8-10-21(19,20)11-9-17/h13-14,16,18H,3-12H2,1-2H3. The molecule has 0 aromatic carbocycles. The van der Waals surface area contributed by atoms with E-state index in [1.54, 1.807) is 0 Å². The van der Waals surface area contributed by atoms with Crippen LogP contribution in [0.3, 0.4) is 0 Å². The zero-order valence-electron chi connectivity index (χ0n) is 13.3. The molecule has 124 valence electrons. The topological polar surface area (TPSA) is 69.6 Å². The normalized spacial score (nSPS) is 33.6. The fraction of sp³-hybridized carbons (Fsp3) is 1.00. The third-order valence-corrected chi connectivity index (χ3v) is 6.66. The van der Waals surface area contributed by atoms with Crippen molar-refractivity contribution >= 4 is 9.84 Å². The van der Waals surface area contributed by atoms with Crippen LogP contribution in [0.2, 0.25) is 0 Å². The van der Waals surface area contributed by atoms with Crippen LogP contribution in [0.1, 0.15) is 39.5 Å². The number of hydrogen-bond acceptors (Lipinski definition) is 5. The van der Waals surface area contributed by atoms with Gasteiger partial charge in [0.15, 0.2) is 9.84 Å². The second-order valence-corrected chi connectivity index (χ2v) is 9.29. The summed E-state index contributed by atoms with van der Waals surface area (Å²) < 4.78 is 22.9. The Kier molecular flexibility index (Phi) is 5.68. The van der Waals surface area contributed by atoms with E-state index in [4.69, 9.17) is 0 Å². The molecule has 1 saturated carbocycles. The molecule has 1 aliphatic heterocycles. The Labute approximate surface area is 129 Å². The number of nitrogens with one attached hydrogen (secondary N) is 1. The molecule has 0 radical (unpaired) electrons. The van der Waals surface area contributed by atoms with Gasteiger partial charge in [-0.15, -0.1) is 0 Å². The molecule has 2 fully saturated rings. The van der Waals surface area contributed by atoms with Crippen molar-refractivity contribution in [3.8, 4) is 0 Å². The number of sulfone groups is 1. The van der Waals surface area contributed by atoms with E-state index >= 15 is 0 Å². The number of aliphatic hydroxyl groups is 1. The molecule has 21 heavy (non-hydrogen) atoms. The van der Waals surface area contributed by atoms with Gasteiger partial charge in [-0.05, 0) is 31.7 Å². The monoisotopic (exact) mass is 318 g/mol. The summed E-state index contributed by atoms with van der Waals surface area (Å²) in [5.41, 5.74) is -0.129. The van der Waals surface area contributed by atoms with Gasteiger partial charge in [-0.2, -0.15) is 0 Å². The highest BCUT2D eigenvalue weighted by Crippen LogP contribution is 2.38. The van der Waals surface area contributed by atoms with E-state index in [1.807, 2.05) is 0 Å². The van der Waals surface area contributed by atoms with Gasteiger partial charge < -0.3 is 15.3 Å². The molecular weight excluding hydrogens is 288 g/mol. The van der Waals surface area contributed by atoms with Crippen molar-refractivity contribution in [2.24, 2.45) is 5.92 Å². The first-order chi connectivity index (χ1) is 9.87. The quantitative estimate of drug-likeness (QED) is 0.752. The Morgan fingerprint density at radius 2 is 2.00 bits per heavy atom. The highest BCUT2D eigenvalue weighted by Gasteiger charge is 2.42. The van der Waals surface area contributed by atoms with Gasteiger partial charge in [0.1, 0.15) is 0 Å². The molecule has 1 heterocycles. The van der Waals surface area contributed by atoms with Crippen molar-refractivity contribution < 1.29 is 13.5 Å². The van der Waals surface area contributed by atoms with E-state index in [1.165, 1.54) is 6.42 Å². The van der Waals surface area contributed by atoms with E-state index in [-0.39, 0.29) is 12.1 Å². The Balaban J connectivity index is 1.87. The van der Waals surface area contributed by atoms with Gasteiger partial charge in [0.25, 0.3) is 0 Å². The third-order valence-electron chi connectivity index (χ3n) is 5.05. The number of rotatable bonds is 6. The molecule has 2 unspecified atom stereocenters. The lowest BCUT2D eigenvalue weighted by atomic mass is 9.84. The van der Waals surface area contributed by atoms with E-state index in [0.29, 0.717) is 36.6 Å². The molecule has 0 amide bonds. The van der Waals surface area contributed by atoms with Gasteiger partial charge in [0.05, 0.1) is 18.1 Å². The van der Waals surface area contributed by atoms with Gasteiger partial charge in [0.2, 0.25) is 0 Å². The predicted molar refractivity (Wildman–Crippen MR) is 85.1 cm³/mol. The summed E-state index contributed by atoms with van der Waals surface area (Å²) in [5.74, 6) is 1.09. The molecule has 0 spiro atoms. The van der Waals surface area contributed by atoms with E-state index in [2.05, 4.69) is 24.1 Å². The average molecular weight is 318 g/mol. The molecule has 2 N–H and O–H groups in total. The summed E-state index contributed by atoms with van der Waals surface area (Å²) in [5, 5.41) is 13.5. The van der Waals surface area contributed by atoms with Crippen molar-refractivity contribution in [1.82, 2.24) is 10.2 Å². The smallest absolute Gasteiger partial charge is 0.152 e. The largest absolute Gasteiger partial charge is 0.394 e. The molecule has 2 aliphatic rings. The van der Waals surface area contributed by atoms with Crippen LogP contribution >= 0.6 is 0 Å². The van der Waals surface area contributed by atoms with E-state index in [9.17, 15) is 13.5 Å². The SMILES string of the molecule is CC(C)NC1(CO)CCCC1CCN1CCS(=O)(=O)CC1. The highest BCUT2D eigenvalue weighted by atomic mass is 32.2. The summed E-state index contributed by atoms with van der Waals surface area (Å²) in [6.45, 7) is 6.73. The maximum Gasteiger partial charge on any atom is 0.152 e. The van der Waals surface area contributed by atoms with Gasteiger partial charge in [-0.3, -0.25) is 0 Å². The summed E-state index contributed by atoms with van der Waals surface area (Å²) in [6.07, 6.45) is 4.41. The van der Waals surface area contributed by atoms with Gasteiger partial charge in [-0.1, -0.05) is 20.3 Å². The molecule has 2 atom stereocenters. The lowest BCUT2D eigenvalue weighted by molar-refractivity contribution is 0.104. The molecule has 1 saturated heterocycles. The fourth-order valence-corrected chi connectivity index (χ4v) is 5.17. The maximum atomic E-state index is 11.5. The van der Waals surface area contributed by atoms with Crippen LogP contribution in [0.15, 0.2) is 0 Å². The molecule has 2 rings (SSSR count). The zero-order chi connectivity index (χ0) is 15.5. The summed E-state index contributed by atoms with van der Waals surface area (Å²) in [7, 11) is -2.79. The van der Waals surface area contributed by atoms with Crippen LogP contribution in [-0.4, -0.2) is 67.8 Å². The first-order valence-corrected chi connectivity index (χ1v) is 10.0. The van der Waals surface area contributed by atoms with Crippen LogP contribution < -0.4 is 5.32 Å². The Morgan fingerprint density at radius 1 is 1.33 bits per heavy atom. The maximum absolute atomic E-state index is 11.5. The lowest BCUT2D eigenvalue weighted by Crippen LogP contribution is -2.54. The van der Waals surface area contributed by atoms with Crippen molar-refractivity contribution in [2.75, 3.05) is 37.7 Å². The minimum Gasteiger partial charge on any atom is -0.394 e. The minimum atomic E-state index is -2.79. The highest BCUT2D eigenvalue weighted by molar-refractivity contribution is 7.91. The van der Waals surface area contributed by atoms with Crippen molar-refractivity contribution in [2.45, 2.75) is 51.1 Å². The molecule has 5 nitrogen and oxygen atoms in total. The van der Waals surface area contributed by atoms with Crippen LogP contribution in [0, 0.1) is 5.92 Å². The molecule has 0 bridgehead atoms. The summed E-state index contributed by atoms with van der Waals surface area (Å²) in [4.78, 5) is 2.26. The number of hydrogen-bond donors (Lipinski definition) is 2. The first-order valence-electron chi connectivity index (χ1n) is 8.18. The van der Waals surface area contributed by atoms with Crippen LogP contribution in [0.25, 0.3) is 0 Å². The molecule has 1 aliphatic carbocycles. The Bertz CT molecular complexity index is 424. The second-order valence-electron chi connectivity index (χ2n) is 6.98. The van der Waals surface area contributed by atoms with Crippen LogP contribution in [0.5, 0.6) is 0 Å². The van der Waals surface area contributed by atoms with E-state index < -0.39 is 9.84 Å². The summed E-state index contributed by atoms with van der Waals surface area (Å²) >= 11 is 0. The molecule has 0 aromatic rings. The Morgan fingerprint density at radius 3 is 2.57 bits per heavy atom. The van der Waals surface area contributed by atoms with Crippen molar-refractivity contribution in [1.29, 1.82) is 0 Å². The summed E-state index contributed by atoms with van der Waals surface area (Å²) in [6, 6.07) is 0.373. The Hall–Kier alpha value is -0.170. The van der Waals surface area contributed by atoms with Gasteiger partial charge in [0, 0.05) is 24.7 Å². The average Bonchev–Trinajstić information content (AvgIpc) is 2.80. The first kappa shape index (κ1) is 17.2. The van der Waals surface area contributed by atoms with Gasteiger partial charge >= 0.3 is 0 Å². The molecule has 6 heteroatoms. The van der Waals surface area contributed by atoms with Crippen LogP contribution in [0.4, 0.5) is 0 Å². The lowest BCUT2D eigenvalue weighted by Gasteiger charge is -2.38. The van der Waals surface area contributed by atoms with Gasteiger partial charge in [-0.25, -0.2) is 8.42 Å². The number of nitrogens with zero attached hydrogens (tertiary/aromatic N) is 1. The van der Waals surface area contributed by atoms with E-state index in [0.717, 1.165) is 25.8 Å². The third kappa shape index (κ3) is 4.41. The van der Waals surface area contributed by atoms with Crippen molar-refractivity contribution in [3.63, 3.8) is 0 Å². The molecular formula is C15H30N2O3S. The second kappa shape index (κ2) is 6.94. The fourth-order valence-electron chi connectivity index (χ4n) is 3.90. The van der Waals surface area contributed by atoms with Crippen molar-refractivity contribution in [3.05, 3.63) is 0 Å². The molecule has 0 aromatic heterocycles. The van der Waals surface area contributed by atoms with Crippen LogP contribution in [-0.2, 0) is 9.84 Å². The minimum absolute atomic E-state index is 0.129.